The van der Waals surface area contributed by atoms with Gasteiger partial charge in [-0.05, 0) is 11.6 Å². The first-order valence-electron chi connectivity index (χ1n) is 3.90. The summed E-state index contributed by atoms with van der Waals surface area (Å²) in [6.45, 7) is 0. The number of allylic oxidation sites excluding steroid dienone is 1. The van der Waals surface area contributed by atoms with E-state index in [-0.39, 0.29) is 0 Å². The summed E-state index contributed by atoms with van der Waals surface area (Å²) in [6.07, 6.45) is 4.61. The molecule has 14 heavy (non-hydrogen) atoms. The number of aldehydes is 1. The van der Waals surface area contributed by atoms with E-state index < -0.39 is 0 Å². The molecule has 0 saturated carbocycles. The lowest BCUT2D eigenvalue weighted by molar-refractivity contribution is -0.107. The maximum atomic E-state index is 10.1. The number of hydrogen-bond donors (Lipinski definition) is 0. The SMILES string of the molecule is O=CC/C=C/c1ccc(Cl)c(Cl)c1Cl. The van der Waals surface area contributed by atoms with E-state index in [0.717, 1.165) is 11.8 Å². The van der Waals surface area contributed by atoms with Crippen molar-refractivity contribution in [1.82, 2.24) is 0 Å². The molecule has 0 unspecified atom stereocenters. The second kappa shape index (κ2) is 5.40. The Balaban J connectivity index is 2.99. The van der Waals surface area contributed by atoms with Crippen LogP contribution in [0.3, 0.4) is 0 Å². The fourth-order valence-electron chi connectivity index (χ4n) is 0.920. The molecule has 0 spiro atoms. The van der Waals surface area contributed by atoms with Gasteiger partial charge in [0.25, 0.3) is 0 Å². The third-order valence-corrected chi connectivity index (χ3v) is 2.90. The van der Waals surface area contributed by atoms with Crippen molar-refractivity contribution in [2.24, 2.45) is 0 Å². The summed E-state index contributed by atoms with van der Waals surface area (Å²) < 4.78 is 0. The molecule has 0 radical (unpaired) electrons. The third-order valence-electron chi connectivity index (χ3n) is 1.59. The molecule has 0 aromatic heterocycles. The number of benzene rings is 1. The number of carbonyl (C=O) groups is 1. The number of carbonyl (C=O) groups excluding carboxylic acids is 1. The predicted molar refractivity (Wildman–Crippen MR) is 61.2 cm³/mol. The maximum absolute atomic E-state index is 10.1. The fourth-order valence-corrected chi connectivity index (χ4v) is 1.53. The third kappa shape index (κ3) is 2.74. The van der Waals surface area contributed by atoms with Crippen LogP contribution < -0.4 is 0 Å². The average molecular weight is 250 g/mol. The van der Waals surface area contributed by atoms with Crippen LogP contribution in [0.4, 0.5) is 0 Å². The highest BCUT2D eigenvalue weighted by molar-refractivity contribution is 6.48. The normalized spacial score (nSPS) is 10.8. The van der Waals surface area contributed by atoms with Gasteiger partial charge in [-0.25, -0.2) is 0 Å². The molecule has 0 aliphatic rings. The Morgan fingerprint density at radius 3 is 2.50 bits per heavy atom. The Labute approximate surface area is 97.3 Å². The van der Waals surface area contributed by atoms with Crippen LogP contribution in [-0.2, 0) is 4.79 Å². The molecule has 1 rings (SSSR count). The van der Waals surface area contributed by atoms with Crippen LogP contribution in [0.1, 0.15) is 12.0 Å². The molecule has 1 aromatic carbocycles. The zero-order valence-electron chi connectivity index (χ0n) is 7.14. The highest BCUT2D eigenvalue weighted by Gasteiger charge is 2.05. The number of halogens is 3. The van der Waals surface area contributed by atoms with Crippen molar-refractivity contribution in [1.29, 1.82) is 0 Å². The monoisotopic (exact) mass is 248 g/mol. The largest absolute Gasteiger partial charge is 0.303 e. The van der Waals surface area contributed by atoms with Crippen LogP contribution in [0.5, 0.6) is 0 Å². The van der Waals surface area contributed by atoms with Gasteiger partial charge in [-0.3, -0.25) is 0 Å². The minimum atomic E-state index is 0.335. The van der Waals surface area contributed by atoms with Gasteiger partial charge in [-0.15, -0.1) is 0 Å². The van der Waals surface area contributed by atoms with E-state index >= 15 is 0 Å². The Hall–Kier alpha value is -0.500. The van der Waals surface area contributed by atoms with Gasteiger partial charge in [0, 0.05) is 6.42 Å². The van der Waals surface area contributed by atoms with Gasteiger partial charge in [0.05, 0.1) is 15.1 Å². The van der Waals surface area contributed by atoms with E-state index in [9.17, 15) is 4.79 Å². The minimum Gasteiger partial charge on any atom is -0.303 e. The van der Waals surface area contributed by atoms with Gasteiger partial charge < -0.3 is 4.79 Å². The molecule has 1 nitrogen and oxygen atoms in total. The first-order valence-corrected chi connectivity index (χ1v) is 5.04. The molecule has 4 heteroatoms. The lowest BCUT2D eigenvalue weighted by Crippen LogP contribution is -1.78. The van der Waals surface area contributed by atoms with Crippen molar-refractivity contribution >= 4 is 47.2 Å². The Kier molecular flexibility index (Phi) is 4.46. The lowest BCUT2D eigenvalue weighted by Gasteiger charge is -2.02. The summed E-state index contributed by atoms with van der Waals surface area (Å²) >= 11 is 17.5. The van der Waals surface area contributed by atoms with Crippen LogP contribution in [0, 0.1) is 0 Å². The zero-order valence-corrected chi connectivity index (χ0v) is 9.40. The summed E-state index contributed by atoms with van der Waals surface area (Å²) in [5.41, 5.74) is 0.753. The highest BCUT2D eigenvalue weighted by Crippen LogP contribution is 2.33. The molecule has 0 heterocycles. The number of rotatable bonds is 3. The molecule has 0 aliphatic heterocycles. The smallest absolute Gasteiger partial charge is 0.123 e. The number of hydrogen-bond acceptors (Lipinski definition) is 1. The van der Waals surface area contributed by atoms with E-state index in [1.165, 1.54) is 0 Å². The van der Waals surface area contributed by atoms with E-state index in [1.54, 1.807) is 24.3 Å². The summed E-state index contributed by atoms with van der Waals surface area (Å²) in [4.78, 5) is 10.1. The van der Waals surface area contributed by atoms with Gasteiger partial charge in [-0.1, -0.05) is 53.0 Å². The van der Waals surface area contributed by atoms with Crippen LogP contribution in [0.25, 0.3) is 6.08 Å². The van der Waals surface area contributed by atoms with Crippen molar-refractivity contribution in [3.63, 3.8) is 0 Å². The van der Waals surface area contributed by atoms with Crippen molar-refractivity contribution in [2.75, 3.05) is 0 Å². The van der Waals surface area contributed by atoms with E-state index in [0.29, 0.717) is 21.5 Å². The quantitative estimate of drug-likeness (QED) is 0.578. The van der Waals surface area contributed by atoms with Gasteiger partial charge in [0.2, 0.25) is 0 Å². The first-order chi connectivity index (χ1) is 6.66. The van der Waals surface area contributed by atoms with Crippen molar-refractivity contribution in [3.05, 3.63) is 38.8 Å². The summed E-state index contributed by atoms with van der Waals surface area (Å²) in [5, 5.41) is 1.16. The molecule has 0 atom stereocenters. The molecule has 0 saturated heterocycles. The van der Waals surface area contributed by atoms with Crippen LogP contribution >= 0.6 is 34.8 Å². The van der Waals surface area contributed by atoms with Crippen molar-refractivity contribution in [2.45, 2.75) is 6.42 Å². The molecular formula is C10H7Cl3O. The van der Waals surface area contributed by atoms with Gasteiger partial charge in [0.1, 0.15) is 6.29 Å². The molecule has 0 N–H and O–H groups in total. The first kappa shape index (κ1) is 11.6. The summed E-state index contributed by atoms with van der Waals surface area (Å²) in [7, 11) is 0. The lowest BCUT2D eigenvalue weighted by atomic mass is 10.2. The average Bonchev–Trinajstić information content (AvgIpc) is 2.18. The molecule has 1 aromatic rings. The standard InChI is InChI=1S/C10H7Cl3O/c11-8-5-4-7(3-1-2-6-14)9(12)10(8)13/h1,3-6H,2H2/b3-1+. The molecule has 0 aliphatic carbocycles. The van der Waals surface area contributed by atoms with Crippen LogP contribution in [-0.4, -0.2) is 6.29 Å². The van der Waals surface area contributed by atoms with Gasteiger partial charge in [-0.2, -0.15) is 0 Å². The van der Waals surface area contributed by atoms with E-state index in [1.807, 2.05) is 0 Å². The Bertz CT molecular complexity index is 372. The van der Waals surface area contributed by atoms with E-state index in [4.69, 9.17) is 34.8 Å². The molecule has 0 amide bonds. The van der Waals surface area contributed by atoms with Crippen molar-refractivity contribution < 1.29 is 4.79 Å². The molecule has 0 bridgehead atoms. The van der Waals surface area contributed by atoms with Crippen LogP contribution in [0.15, 0.2) is 18.2 Å². The molecule has 0 fully saturated rings. The summed E-state index contributed by atoms with van der Waals surface area (Å²) in [6, 6.07) is 3.41. The Morgan fingerprint density at radius 1 is 1.14 bits per heavy atom. The topological polar surface area (TPSA) is 17.1 Å². The maximum Gasteiger partial charge on any atom is 0.123 e. The predicted octanol–water partition coefficient (Wildman–Crippen LogP) is 4.25. The second-order valence-corrected chi connectivity index (χ2v) is 3.73. The Morgan fingerprint density at radius 2 is 1.86 bits per heavy atom. The fraction of sp³-hybridized carbons (Fsp3) is 0.100. The van der Waals surface area contributed by atoms with Crippen molar-refractivity contribution in [3.8, 4) is 0 Å². The molecule has 74 valence electrons. The van der Waals surface area contributed by atoms with Gasteiger partial charge in [0.15, 0.2) is 0 Å². The highest BCUT2D eigenvalue weighted by atomic mass is 35.5. The molecular weight excluding hydrogens is 242 g/mol. The second-order valence-electron chi connectivity index (χ2n) is 2.57. The minimum absolute atomic E-state index is 0.335. The van der Waals surface area contributed by atoms with E-state index in [2.05, 4.69) is 0 Å². The summed E-state index contributed by atoms with van der Waals surface area (Å²) in [5.74, 6) is 0. The van der Waals surface area contributed by atoms with Crippen LogP contribution in [0.2, 0.25) is 15.1 Å². The zero-order chi connectivity index (χ0) is 10.6. The van der Waals surface area contributed by atoms with Gasteiger partial charge >= 0.3 is 0 Å².